The van der Waals surface area contributed by atoms with Crippen molar-refractivity contribution in [3.8, 4) is 0 Å². The number of ether oxygens (including phenoxy) is 2. The molecule has 0 radical (unpaired) electrons. The van der Waals surface area contributed by atoms with E-state index in [2.05, 4.69) is 22.1 Å². The average molecular weight is 386 g/mol. The van der Waals surface area contributed by atoms with E-state index in [0.717, 1.165) is 63.6 Å². The van der Waals surface area contributed by atoms with Crippen molar-refractivity contribution in [2.45, 2.75) is 38.8 Å². The molecule has 0 saturated carbocycles. The van der Waals surface area contributed by atoms with Crippen LogP contribution in [0.5, 0.6) is 0 Å². The zero-order valence-corrected chi connectivity index (χ0v) is 16.4. The number of methoxy groups -OCH3 is 1. The Kier molecular flexibility index (Phi) is 9.15. The smallest absolute Gasteiger partial charge is 0.194 e. The summed E-state index contributed by atoms with van der Waals surface area (Å²) in [5, 5.41) is 3.47. The molecule has 1 aliphatic rings. The van der Waals surface area contributed by atoms with E-state index < -0.39 is 5.82 Å². The minimum Gasteiger partial charge on any atom is -0.385 e. The standard InChI is InChI=1S/C19H29ClFN3O2/c1-3-22-19(23-14-15-5-6-18(21)17(20)13-15)24-9-7-16(8-10-24)26-12-4-11-25-2/h5-6,13,16H,3-4,7-12,14H2,1-2H3,(H,22,23). The molecule has 0 aromatic heterocycles. The van der Waals surface area contributed by atoms with E-state index in [9.17, 15) is 4.39 Å². The van der Waals surface area contributed by atoms with Gasteiger partial charge in [0.25, 0.3) is 0 Å². The number of guanidine groups is 1. The Balaban J connectivity index is 1.86. The fourth-order valence-electron chi connectivity index (χ4n) is 2.92. The van der Waals surface area contributed by atoms with E-state index in [-0.39, 0.29) is 5.02 Å². The number of piperidine rings is 1. The molecule has 1 heterocycles. The van der Waals surface area contributed by atoms with Crippen LogP contribution in [0.1, 0.15) is 31.7 Å². The van der Waals surface area contributed by atoms with E-state index in [4.69, 9.17) is 21.1 Å². The number of hydrogen-bond donors (Lipinski definition) is 1. The Labute approximate surface area is 160 Å². The molecule has 1 N–H and O–H groups in total. The lowest BCUT2D eigenvalue weighted by atomic mass is 10.1. The van der Waals surface area contributed by atoms with Crippen LogP contribution in [-0.2, 0) is 16.0 Å². The van der Waals surface area contributed by atoms with E-state index in [1.165, 1.54) is 6.07 Å². The third-order valence-electron chi connectivity index (χ3n) is 4.32. The summed E-state index contributed by atoms with van der Waals surface area (Å²) in [6.07, 6.45) is 3.21. The Morgan fingerprint density at radius 1 is 1.35 bits per heavy atom. The lowest BCUT2D eigenvalue weighted by Gasteiger charge is -2.34. The van der Waals surface area contributed by atoms with Gasteiger partial charge in [0, 0.05) is 40.0 Å². The molecule has 26 heavy (non-hydrogen) atoms. The average Bonchev–Trinajstić information content (AvgIpc) is 2.65. The third kappa shape index (κ3) is 6.74. The summed E-state index contributed by atoms with van der Waals surface area (Å²) in [5.41, 5.74) is 0.892. The van der Waals surface area contributed by atoms with Gasteiger partial charge in [0.05, 0.1) is 17.7 Å². The van der Waals surface area contributed by atoms with E-state index in [1.807, 2.05) is 0 Å². The van der Waals surface area contributed by atoms with E-state index in [0.29, 0.717) is 12.6 Å². The van der Waals surface area contributed by atoms with Crippen LogP contribution < -0.4 is 5.32 Å². The van der Waals surface area contributed by atoms with Crippen molar-refractivity contribution in [1.82, 2.24) is 10.2 Å². The molecule has 0 spiro atoms. The summed E-state index contributed by atoms with van der Waals surface area (Å²) in [6.45, 7) is 6.62. The lowest BCUT2D eigenvalue weighted by Crippen LogP contribution is -2.47. The molecule has 0 unspecified atom stereocenters. The molecule has 1 fully saturated rings. The fourth-order valence-corrected chi connectivity index (χ4v) is 3.12. The number of aliphatic imine (C=N–C) groups is 1. The van der Waals surface area contributed by atoms with Crippen molar-refractivity contribution in [3.63, 3.8) is 0 Å². The van der Waals surface area contributed by atoms with Crippen LogP contribution in [0.3, 0.4) is 0 Å². The summed E-state index contributed by atoms with van der Waals surface area (Å²) in [4.78, 5) is 6.94. The van der Waals surface area contributed by atoms with Gasteiger partial charge in [-0.2, -0.15) is 0 Å². The number of nitrogens with one attached hydrogen (secondary N) is 1. The first-order chi connectivity index (χ1) is 12.6. The quantitative estimate of drug-likeness (QED) is 0.423. The Bertz CT molecular complexity index is 578. The number of hydrogen-bond acceptors (Lipinski definition) is 3. The molecule has 1 saturated heterocycles. The summed E-state index contributed by atoms with van der Waals surface area (Å²) in [5.74, 6) is 0.477. The van der Waals surface area contributed by atoms with Crippen molar-refractivity contribution in [2.75, 3.05) is 40.0 Å². The highest BCUT2D eigenvalue weighted by Gasteiger charge is 2.21. The molecule has 1 aromatic rings. The zero-order valence-electron chi connectivity index (χ0n) is 15.6. The van der Waals surface area contributed by atoms with Gasteiger partial charge in [-0.25, -0.2) is 9.38 Å². The van der Waals surface area contributed by atoms with Crippen LogP contribution in [0.2, 0.25) is 5.02 Å². The number of benzene rings is 1. The molecule has 7 heteroatoms. The topological polar surface area (TPSA) is 46.1 Å². The Morgan fingerprint density at radius 3 is 2.77 bits per heavy atom. The largest absolute Gasteiger partial charge is 0.385 e. The van der Waals surface area contributed by atoms with Crippen LogP contribution >= 0.6 is 11.6 Å². The highest BCUT2D eigenvalue weighted by molar-refractivity contribution is 6.30. The molecule has 1 aromatic carbocycles. The van der Waals surface area contributed by atoms with Gasteiger partial charge in [0.1, 0.15) is 5.82 Å². The van der Waals surface area contributed by atoms with Gasteiger partial charge >= 0.3 is 0 Å². The Morgan fingerprint density at radius 2 is 2.12 bits per heavy atom. The molecule has 0 amide bonds. The van der Waals surface area contributed by atoms with E-state index in [1.54, 1.807) is 19.2 Å². The molecule has 2 rings (SSSR count). The molecule has 146 valence electrons. The first kappa shape index (κ1) is 20.9. The van der Waals surface area contributed by atoms with Gasteiger partial charge in [-0.1, -0.05) is 17.7 Å². The molecule has 0 bridgehead atoms. The zero-order chi connectivity index (χ0) is 18.8. The van der Waals surface area contributed by atoms with E-state index >= 15 is 0 Å². The van der Waals surface area contributed by atoms with Gasteiger partial charge in [0.15, 0.2) is 5.96 Å². The van der Waals surface area contributed by atoms with Crippen molar-refractivity contribution < 1.29 is 13.9 Å². The molecule has 0 aliphatic carbocycles. The van der Waals surface area contributed by atoms with Gasteiger partial charge < -0.3 is 19.7 Å². The number of halogens is 2. The molecule has 0 atom stereocenters. The van der Waals surface area contributed by atoms with Gasteiger partial charge in [-0.15, -0.1) is 0 Å². The second-order valence-corrected chi connectivity index (χ2v) is 6.73. The van der Waals surface area contributed by atoms with Gasteiger partial charge in [-0.3, -0.25) is 0 Å². The maximum atomic E-state index is 13.3. The summed E-state index contributed by atoms with van der Waals surface area (Å²) >= 11 is 5.85. The predicted molar refractivity (Wildman–Crippen MR) is 103 cm³/mol. The summed E-state index contributed by atoms with van der Waals surface area (Å²) in [7, 11) is 1.71. The second-order valence-electron chi connectivity index (χ2n) is 6.32. The number of nitrogens with zero attached hydrogens (tertiary/aromatic N) is 2. The fraction of sp³-hybridized carbons (Fsp3) is 0.632. The van der Waals surface area contributed by atoms with Gasteiger partial charge in [-0.05, 0) is 43.9 Å². The lowest BCUT2D eigenvalue weighted by molar-refractivity contribution is 0.00990. The minimum absolute atomic E-state index is 0.133. The monoisotopic (exact) mass is 385 g/mol. The first-order valence-electron chi connectivity index (χ1n) is 9.21. The van der Waals surface area contributed by atoms with Gasteiger partial charge in [0.2, 0.25) is 0 Å². The van der Waals surface area contributed by atoms with Crippen molar-refractivity contribution >= 4 is 17.6 Å². The summed E-state index contributed by atoms with van der Waals surface area (Å²) in [6, 6.07) is 4.73. The first-order valence-corrected chi connectivity index (χ1v) is 9.59. The minimum atomic E-state index is -0.404. The maximum absolute atomic E-state index is 13.3. The van der Waals surface area contributed by atoms with Crippen LogP contribution in [0.25, 0.3) is 0 Å². The SMILES string of the molecule is CCNC(=NCc1ccc(F)c(Cl)c1)N1CCC(OCCCOC)CC1. The van der Waals surface area contributed by atoms with Crippen LogP contribution in [0.15, 0.2) is 23.2 Å². The van der Waals surface area contributed by atoms with Crippen molar-refractivity contribution in [1.29, 1.82) is 0 Å². The highest BCUT2D eigenvalue weighted by atomic mass is 35.5. The molecule has 1 aliphatic heterocycles. The number of likely N-dealkylation sites (tertiary alicyclic amines) is 1. The van der Waals surface area contributed by atoms with Crippen molar-refractivity contribution in [2.24, 2.45) is 4.99 Å². The van der Waals surface area contributed by atoms with Crippen LogP contribution in [0, 0.1) is 5.82 Å². The third-order valence-corrected chi connectivity index (χ3v) is 4.61. The highest BCUT2D eigenvalue weighted by Crippen LogP contribution is 2.17. The molecule has 5 nitrogen and oxygen atoms in total. The summed E-state index contributed by atoms with van der Waals surface area (Å²) < 4.78 is 24.2. The van der Waals surface area contributed by atoms with Crippen LogP contribution in [0.4, 0.5) is 4.39 Å². The number of rotatable bonds is 8. The van der Waals surface area contributed by atoms with Crippen molar-refractivity contribution in [3.05, 3.63) is 34.6 Å². The normalized spacial score (nSPS) is 16.2. The molecular formula is C19H29ClFN3O2. The van der Waals surface area contributed by atoms with Crippen LogP contribution in [-0.4, -0.2) is 56.9 Å². The second kappa shape index (κ2) is 11.4. The predicted octanol–water partition coefficient (Wildman–Crippen LogP) is 3.46. The maximum Gasteiger partial charge on any atom is 0.194 e. The molecular weight excluding hydrogens is 357 g/mol. The Hall–Kier alpha value is -1.37.